The van der Waals surface area contributed by atoms with E-state index < -0.39 is 5.54 Å². The van der Waals surface area contributed by atoms with Crippen LogP contribution < -0.4 is 15.5 Å². The lowest BCUT2D eigenvalue weighted by molar-refractivity contribution is -0.124. The first kappa shape index (κ1) is 16.5. The minimum Gasteiger partial charge on any atom is -0.356 e. The Morgan fingerprint density at radius 2 is 2.12 bits per heavy atom. The topological polar surface area (TPSA) is 109 Å². The molecule has 9 nitrogen and oxygen atoms in total. The van der Waals surface area contributed by atoms with Crippen LogP contribution in [0.3, 0.4) is 0 Å². The number of nitrogens with one attached hydrogen (secondary N) is 1. The largest absolute Gasteiger partial charge is 0.356 e. The monoisotopic (exact) mass is 354 g/mol. The molecule has 3 aromatic heterocycles. The molecule has 0 bridgehead atoms. The number of fused-ring (bicyclic) bond motifs is 1. The summed E-state index contributed by atoms with van der Waals surface area (Å²) in [6, 6.07) is 1.97. The lowest BCUT2D eigenvalue weighted by Gasteiger charge is -2.40. The molecule has 0 atom stereocenters. The Kier molecular flexibility index (Phi) is 3.87. The minimum atomic E-state index is -0.884. The number of amides is 1. The van der Waals surface area contributed by atoms with Gasteiger partial charge in [-0.15, -0.1) is 0 Å². The van der Waals surface area contributed by atoms with Crippen LogP contribution in [-0.4, -0.2) is 56.3 Å². The van der Waals surface area contributed by atoms with Crippen LogP contribution in [0.15, 0.2) is 31.0 Å². The highest BCUT2D eigenvalue weighted by Crippen LogP contribution is 2.29. The SMILES string of the molecule is CN(C(=O)C1(N)CCN(c2ncnc3[nH]ccc23)CC1)c1cnn(C)c1. The number of hydrogen-bond donors (Lipinski definition) is 2. The number of piperidine rings is 1. The maximum atomic E-state index is 13.0. The second kappa shape index (κ2) is 6.10. The Hall–Kier alpha value is -2.94. The molecule has 0 radical (unpaired) electrons. The molecule has 0 aliphatic carbocycles. The van der Waals surface area contributed by atoms with Gasteiger partial charge in [-0.2, -0.15) is 5.10 Å². The summed E-state index contributed by atoms with van der Waals surface area (Å²) in [5.74, 6) is 0.797. The molecule has 1 fully saturated rings. The van der Waals surface area contributed by atoms with Gasteiger partial charge < -0.3 is 20.5 Å². The number of hydrogen-bond acceptors (Lipinski definition) is 6. The molecule has 0 aromatic carbocycles. The highest BCUT2D eigenvalue weighted by Gasteiger charge is 2.40. The molecule has 1 aliphatic rings. The fourth-order valence-electron chi connectivity index (χ4n) is 3.47. The van der Waals surface area contributed by atoms with Crippen molar-refractivity contribution >= 4 is 28.4 Å². The quantitative estimate of drug-likeness (QED) is 0.715. The van der Waals surface area contributed by atoms with Crippen molar-refractivity contribution in [2.75, 3.05) is 29.9 Å². The van der Waals surface area contributed by atoms with Crippen molar-refractivity contribution in [3.63, 3.8) is 0 Å². The van der Waals surface area contributed by atoms with Crippen LogP contribution in [0.4, 0.5) is 11.5 Å². The number of rotatable bonds is 3. The predicted octanol–water partition coefficient (Wildman–Crippen LogP) is 0.652. The van der Waals surface area contributed by atoms with Gasteiger partial charge in [0.1, 0.15) is 17.8 Å². The van der Waals surface area contributed by atoms with Crippen LogP contribution in [0, 0.1) is 0 Å². The minimum absolute atomic E-state index is 0.0837. The highest BCUT2D eigenvalue weighted by atomic mass is 16.2. The maximum absolute atomic E-state index is 13.0. The van der Waals surface area contributed by atoms with Gasteiger partial charge >= 0.3 is 0 Å². The number of aromatic amines is 1. The van der Waals surface area contributed by atoms with E-state index in [1.54, 1.807) is 35.4 Å². The average Bonchev–Trinajstić information content (AvgIpc) is 3.29. The number of aromatic nitrogens is 5. The third-order valence-corrected chi connectivity index (χ3v) is 5.10. The number of aryl methyl sites for hydroxylation is 1. The lowest BCUT2D eigenvalue weighted by Crippen LogP contribution is -2.60. The van der Waals surface area contributed by atoms with Crippen LogP contribution >= 0.6 is 0 Å². The predicted molar refractivity (Wildman–Crippen MR) is 98.9 cm³/mol. The van der Waals surface area contributed by atoms with Crippen molar-refractivity contribution in [2.45, 2.75) is 18.4 Å². The molecule has 0 unspecified atom stereocenters. The van der Waals surface area contributed by atoms with Crippen LogP contribution in [0.2, 0.25) is 0 Å². The van der Waals surface area contributed by atoms with Gasteiger partial charge in [-0.3, -0.25) is 9.48 Å². The van der Waals surface area contributed by atoms with E-state index in [1.165, 1.54) is 0 Å². The van der Waals surface area contributed by atoms with Gasteiger partial charge in [-0.1, -0.05) is 0 Å². The van der Waals surface area contributed by atoms with Crippen molar-refractivity contribution < 1.29 is 4.79 Å². The summed E-state index contributed by atoms with van der Waals surface area (Å²) in [5.41, 5.74) is 7.17. The van der Waals surface area contributed by atoms with Gasteiger partial charge in [-0.05, 0) is 18.9 Å². The zero-order valence-electron chi connectivity index (χ0n) is 14.9. The molecule has 4 rings (SSSR count). The fourth-order valence-corrected chi connectivity index (χ4v) is 3.47. The molecule has 1 saturated heterocycles. The van der Waals surface area contributed by atoms with Crippen LogP contribution in [0.1, 0.15) is 12.8 Å². The maximum Gasteiger partial charge on any atom is 0.247 e. The Labute approximate surface area is 150 Å². The molecule has 1 aliphatic heterocycles. The third-order valence-electron chi connectivity index (χ3n) is 5.10. The fraction of sp³-hybridized carbons (Fsp3) is 0.412. The molecule has 1 amide bonds. The molecule has 3 N–H and O–H groups in total. The van der Waals surface area contributed by atoms with E-state index in [2.05, 4.69) is 25.0 Å². The first-order valence-corrected chi connectivity index (χ1v) is 8.57. The molecule has 0 spiro atoms. The average molecular weight is 354 g/mol. The zero-order valence-corrected chi connectivity index (χ0v) is 14.9. The number of nitrogens with two attached hydrogens (primary N) is 1. The molecule has 0 saturated carbocycles. The summed E-state index contributed by atoms with van der Waals surface area (Å²) in [6.07, 6.45) is 8.00. The van der Waals surface area contributed by atoms with Crippen LogP contribution in [-0.2, 0) is 11.8 Å². The first-order chi connectivity index (χ1) is 12.5. The van der Waals surface area contributed by atoms with Gasteiger partial charge in [-0.25, -0.2) is 9.97 Å². The number of likely N-dealkylation sites (N-methyl/N-ethyl adjacent to an activating group) is 1. The number of carbonyl (C=O) groups excluding carboxylic acids is 1. The Balaban J connectivity index is 1.50. The summed E-state index contributed by atoms with van der Waals surface area (Å²) in [6.45, 7) is 1.33. The second-order valence-electron chi connectivity index (χ2n) is 6.82. The summed E-state index contributed by atoms with van der Waals surface area (Å²) >= 11 is 0. The summed E-state index contributed by atoms with van der Waals surface area (Å²) < 4.78 is 1.67. The van der Waals surface area contributed by atoms with E-state index in [0.29, 0.717) is 25.9 Å². The van der Waals surface area contributed by atoms with Gasteiger partial charge in [0.2, 0.25) is 5.91 Å². The lowest BCUT2D eigenvalue weighted by atomic mass is 9.87. The molecule has 136 valence electrons. The van der Waals surface area contributed by atoms with E-state index in [4.69, 9.17) is 5.73 Å². The van der Waals surface area contributed by atoms with Crippen molar-refractivity contribution in [3.8, 4) is 0 Å². The number of H-pyrrole nitrogens is 1. The van der Waals surface area contributed by atoms with Gasteiger partial charge in [0.15, 0.2) is 0 Å². The molecular formula is C17H22N8O. The van der Waals surface area contributed by atoms with Crippen molar-refractivity contribution in [2.24, 2.45) is 12.8 Å². The number of nitrogens with zero attached hydrogens (tertiary/aromatic N) is 6. The number of carbonyl (C=O) groups is 1. The summed E-state index contributed by atoms with van der Waals surface area (Å²) in [5, 5.41) is 5.10. The van der Waals surface area contributed by atoms with Crippen molar-refractivity contribution in [3.05, 3.63) is 31.0 Å². The molecule has 26 heavy (non-hydrogen) atoms. The normalized spacial score (nSPS) is 16.8. The van der Waals surface area contributed by atoms with Crippen LogP contribution in [0.25, 0.3) is 11.0 Å². The standard InChI is InChI=1S/C17H22N8O/c1-23-10-12(9-22-23)24(2)16(26)17(18)4-7-25(8-5-17)15-13-3-6-19-14(13)20-11-21-15/h3,6,9-11H,4-5,7-8,18H2,1-2H3,(H,19,20,21). The van der Waals surface area contributed by atoms with Gasteiger partial charge in [0.05, 0.1) is 22.8 Å². The highest BCUT2D eigenvalue weighted by molar-refractivity contribution is 5.99. The summed E-state index contributed by atoms with van der Waals surface area (Å²) in [4.78, 5) is 28.5. The number of anilines is 2. The molecular weight excluding hydrogens is 332 g/mol. The van der Waals surface area contributed by atoms with E-state index >= 15 is 0 Å². The first-order valence-electron chi connectivity index (χ1n) is 8.57. The molecule has 4 heterocycles. The van der Waals surface area contributed by atoms with E-state index in [0.717, 1.165) is 22.5 Å². The van der Waals surface area contributed by atoms with Crippen molar-refractivity contribution in [1.82, 2.24) is 24.7 Å². The van der Waals surface area contributed by atoms with E-state index in [-0.39, 0.29) is 5.91 Å². The Morgan fingerprint density at radius 1 is 1.35 bits per heavy atom. The van der Waals surface area contributed by atoms with Crippen LogP contribution in [0.5, 0.6) is 0 Å². The third kappa shape index (κ3) is 2.70. The molecule has 9 heteroatoms. The second-order valence-corrected chi connectivity index (χ2v) is 6.82. The molecule has 3 aromatic rings. The van der Waals surface area contributed by atoms with Gasteiger partial charge in [0.25, 0.3) is 0 Å². The Bertz CT molecular complexity index is 937. The van der Waals surface area contributed by atoms with Gasteiger partial charge in [0, 0.05) is 39.6 Å². The smallest absolute Gasteiger partial charge is 0.247 e. The summed E-state index contributed by atoms with van der Waals surface area (Å²) in [7, 11) is 3.57. The van der Waals surface area contributed by atoms with Crippen molar-refractivity contribution in [1.29, 1.82) is 0 Å². The van der Waals surface area contributed by atoms with E-state index in [9.17, 15) is 4.79 Å². The zero-order chi connectivity index (χ0) is 18.3. The van der Waals surface area contributed by atoms with E-state index in [1.807, 2.05) is 19.3 Å². The Morgan fingerprint density at radius 3 is 2.81 bits per heavy atom.